The van der Waals surface area contributed by atoms with Crippen LogP contribution in [0.5, 0.6) is 0 Å². The summed E-state index contributed by atoms with van der Waals surface area (Å²) in [7, 11) is 0. The summed E-state index contributed by atoms with van der Waals surface area (Å²) >= 11 is 0. The smallest absolute Gasteiger partial charge is 0.339 e. The summed E-state index contributed by atoms with van der Waals surface area (Å²) in [4.78, 5) is 32.9. The Kier molecular flexibility index (Phi) is 5.95. The van der Waals surface area contributed by atoms with E-state index < -0.39 is 17.6 Å². The monoisotopic (exact) mass is 448 g/mol. The average Bonchev–Trinajstić information content (AvgIpc) is 3.05. The van der Waals surface area contributed by atoms with Crippen LogP contribution in [0.2, 0.25) is 0 Å². The SMILES string of the molecule is CC1(C)OC(=O)c2ccc(Nc3ncc(C(=O)NN)c(N[C@H](CO)c4ccccc4)n3)cc21. The molecule has 1 atom stereocenters. The number of fused-ring (bicyclic) bond motifs is 1. The molecule has 1 aliphatic rings. The molecular weight excluding hydrogens is 424 g/mol. The Balaban J connectivity index is 1.65. The zero-order valence-electron chi connectivity index (χ0n) is 18.1. The van der Waals surface area contributed by atoms with E-state index >= 15 is 0 Å². The number of aliphatic hydroxyl groups is 1. The highest BCUT2D eigenvalue weighted by Gasteiger charge is 2.37. The van der Waals surface area contributed by atoms with Crippen molar-refractivity contribution < 1.29 is 19.4 Å². The van der Waals surface area contributed by atoms with Gasteiger partial charge in [-0.1, -0.05) is 30.3 Å². The van der Waals surface area contributed by atoms with E-state index in [2.05, 4.69) is 26.0 Å². The molecule has 0 spiro atoms. The predicted molar refractivity (Wildman–Crippen MR) is 122 cm³/mol. The number of nitrogens with zero attached hydrogens (tertiary/aromatic N) is 2. The summed E-state index contributed by atoms with van der Waals surface area (Å²) in [6.45, 7) is 3.41. The van der Waals surface area contributed by atoms with Gasteiger partial charge in [-0.05, 0) is 37.6 Å². The topological polar surface area (TPSA) is 151 Å². The third-order valence-electron chi connectivity index (χ3n) is 5.35. The minimum atomic E-state index is -0.745. The molecule has 1 amide bonds. The van der Waals surface area contributed by atoms with Crippen LogP contribution in [-0.2, 0) is 10.3 Å². The van der Waals surface area contributed by atoms with Crippen molar-refractivity contribution in [2.45, 2.75) is 25.5 Å². The summed E-state index contributed by atoms with van der Waals surface area (Å²) < 4.78 is 5.41. The number of nitrogen functional groups attached to an aromatic ring is 1. The number of carbonyl (C=O) groups excluding carboxylic acids is 2. The van der Waals surface area contributed by atoms with Crippen LogP contribution in [0.15, 0.2) is 54.7 Å². The summed E-state index contributed by atoms with van der Waals surface area (Å²) in [6, 6.07) is 14.0. The fourth-order valence-corrected chi connectivity index (χ4v) is 3.65. The van der Waals surface area contributed by atoms with Crippen LogP contribution in [0.1, 0.15) is 51.7 Å². The molecule has 0 saturated heterocycles. The molecule has 0 radical (unpaired) electrons. The fourth-order valence-electron chi connectivity index (χ4n) is 3.65. The molecule has 0 aliphatic carbocycles. The number of nitrogens with two attached hydrogens (primary N) is 1. The van der Waals surface area contributed by atoms with Crippen molar-refractivity contribution >= 4 is 29.3 Å². The number of benzene rings is 2. The molecule has 0 unspecified atom stereocenters. The number of cyclic esters (lactones) is 1. The van der Waals surface area contributed by atoms with Crippen LogP contribution in [0.3, 0.4) is 0 Å². The molecule has 33 heavy (non-hydrogen) atoms. The Bertz CT molecular complexity index is 1200. The molecule has 1 aliphatic heterocycles. The zero-order valence-corrected chi connectivity index (χ0v) is 18.1. The maximum Gasteiger partial charge on any atom is 0.339 e. The van der Waals surface area contributed by atoms with Crippen LogP contribution >= 0.6 is 0 Å². The Morgan fingerprint density at radius 2 is 1.97 bits per heavy atom. The van der Waals surface area contributed by atoms with Crippen molar-refractivity contribution in [2.75, 3.05) is 17.2 Å². The maximum atomic E-state index is 12.3. The van der Waals surface area contributed by atoms with Gasteiger partial charge < -0.3 is 20.5 Å². The molecule has 2 heterocycles. The van der Waals surface area contributed by atoms with Crippen molar-refractivity contribution in [3.8, 4) is 0 Å². The van der Waals surface area contributed by atoms with Gasteiger partial charge in [0.05, 0.1) is 18.2 Å². The largest absolute Gasteiger partial charge is 0.451 e. The number of hydrazine groups is 1. The number of esters is 1. The fraction of sp³-hybridized carbons (Fsp3) is 0.217. The van der Waals surface area contributed by atoms with Gasteiger partial charge in [0.1, 0.15) is 17.0 Å². The minimum Gasteiger partial charge on any atom is -0.451 e. The van der Waals surface area contributed by atoms with Gasteiger partial charge in [0.25, 0.3) is 5.91 Å². The number of rotatable bonds is 7. The summed E-state index contributed by atoms with van der Waals surface area (Å²) in [5.74, 6) is 4.77. The highest BCUT2D eigenvalue weighted by molar-refractivity contribution is 5.98. The van der Waals surface area contributed by atoms with E-state index in [0.29, 0.717) is 11.3 Å². The van der Waals surface area contributed by atoms with Gasteiger partial charge in [0, 0.05) is 17.4 Å². The third-order valence-corrected chi connectivity index (χ3v) is 5.35. The highest BCUT2D eigenvalue weighted by Crippen LogP contribution is 2.37. The number of nitrogens with one attached hydrogen (secondary N) is 3. The molecule has 10 nitrogen and oxygen atoms in total. The average molecular weight is 448 g/mol. The lowest BCUT2D eigenvalue weighted by Gasteiger charge is -2.20. The van der Waals surface area contributed by atoms with Crippen molar-refractivity contribution in [1.82, 2.24) is 15.4 Å². The van der Waals surface area contributed by atoms with Crippen molar-refractivity contribution in [3.63, 3.8) is 0 Å². The molecule has 4 rings (SSSR count). The Hall–Kier alpha value is -4.02. The number of ether oxygens (including phenoxy) is 1. The Morgan fingerprint density at radius 3 is 2.67 bits per heavy atom. The Morgan fingerprint density at radius 1 is 1.21 bits per heavy atom. The lowest BCUT2D eigenvalue weighted by atomic mass is 9.95. The van der Waals surface area contributed by atoms with Crippen molar-refractivity contribution in [1.29, 1.82) is 0 Å². The highest BCUT2D eigenvalue weighted by atomic mass is 16.6. The quantitative estimate of drug-likeness (QED) is 0.159. The molecule has 1 aromatic heterocycles. The molecule has 0 fully saturated rings. The number of anilines is 3. The second kappa shape index (κ2) is 8.85. The third kappa shape index (κ3) is 4.47. The lowest BCUT2D eigenvalue weighted by molar-refractivity contribution is 0.00953. The number of carbonyl (C=O) groups is 2. The number of hydrogen-bond acceptors (Lipinski definition) is 9. The molecule has 3 aromatic rings. The van der Waals surface area contributed by atoms with E-state index in [1.165, 1.54) is 6.20 Å². The lowest BCUT2D eigenvalue weighted by Crippen LogP contribution is -2.31. The van der Waals surface area contributed by atoms with Crippen LogP contribution in [0.4, 0.5) is 17.5 Å². The van der Waals surface area contributed by atoms with E-state index in [0.717, 1.165) is 11.1 Å². The van der Waals surface area contributed by atoms with Gasteiger partial charge in [-0.25, -0.2) is 15.6 Å². The van der Waals surface area contributed by atoms with Crippen LogP contribution in [0, 0.1) is 0 Å². The normalized spacial score (nSPS) is 14.7. The molecule has 10 heteroatoms. The van der Waals surface area contributed by atoms with E-state index in [1.54, 1.807) is 18.2 Å². The van der Waals surface area contributed by atoms with Crippen LogP contribution < -0.4 is 21.9 Å². The van der Waals surface area contributed by atoms with Crippen LogP contribution in [-0.4, -0.2) is 33.6 Å². The second-order valence-electron chi connectivity index (χ2n) is 8.00. The number of hydrogen-bond donors (Lipinski definition) is 5. The van der Waals surface area contributed by atoms with Gasteiger partial charge in [-0.2, -0.15) is 4.98 Å². The van der Waals surface area contributed by atoms with E-state index in [9.17, 15) is 14.7 Å². The molecule has 0 bridgehead atoms. The summed E-state index contributed by atoms with van der Waals surface area (Å²) in [6.07, 6.45) is 1.34. The molecular formula is C23H24N6O4. The van der Waals surface area contributed by atoms with Crippen molar-refractivity contribution in [3.05, 3.63) is 77.0 Å². The molecule has 2 aromatic carbocycles. The minimum absolute atomic E-state index is 0.117. The number of aliphatic hydroxyl groups excluding tert-OH is 1. The standard InChI is InChI=1S/C23H24N6O4/c1-23(2)17-10-14(8-9-15(17)21(32)33-23)26-22-25-11-16(20(31)29-24)19(28-22)27-18(12-30)13-6-4-3-5-7-13/h3-11,18,30H,12,24H2,1-2H3,(H,29,31)(H2,25,26,27,28)/t18-/m1/s1. The van der Waals surface area contributed by atoms with Gasteiger partial charge in [-0.3, -0.25) is 10.2 Å². The molecule has 0 saturated carbocycles. The van der Waals surface area contributed by atoms with Gasteiger partial charge in [0.15, 0.2) is 0 Å². The van der Waals surface area contributed by atoms with Crippen LogP contribution in [0.25, 0.3) is 0 Å². The van der Waals surface area contributed by atoms with E-state index in [-0.39, 0.29) is 29.9 Å². The Labute approximate surface area is 190 Å². The zero-order chi connectivity index (χ0) is 23.6. The first-order chi connectivity index (χ1) is 15.8. The number of aromatic nitrogens is 2. The van der Waals surface area contributed by atoms with Crippen molar-refractivity contribution in [2.24, 2.45) is 5.84 Å². The van der Waals surface area contributed by atoms with E-state index in [1.807, 2.05) is 44.2 Å². The second-order valence-corrected chi connectivity index (χ2v) is 8.00. The predicted octanol–water partition coefficient (Wildman–Crippen LogP) is 2.37. The first-order valence-corrected chi connectivity index (χ1v) is 10.3. The number of amides is 1. The van der Waals surface area contributed by atoms with Gasteiger partial charge in [0.2, 0.25) is 5.95 Å². The first kappa shape index (κ1) is 22.2. The summed E-state index contributed by atoms with van der Waals surface area (Å²) in [5.41, 5.74) is 4.17. The molecule has 170 valence electrons. The van der Waals surface area contributed by atoms with Gasteiger partial charge >= 0.3 is 5.97 Å². The maximum absolute atomic E-state index is 12.3. The molecule has 6 N–H and O–H groups in total. The summed E-state index contributed by atoms with van der Waals surface area (Å²) in [5, 5.41) is 16.1. The first-order valence-electron chi connectivity index (χ1n) is 10.3. The van der Waals surface area contributed by atoms with E-state index in [4.69, 9.17) is 10.6 Å². The van der Waals surface area contributed by atoms with Gasteiger partial charge in [-0.15, -0.1) is 0 Å².